The number of nitrogens with zero attached hydrogens (tertiary/aromatic N) is 4. The Hall–Kier alpha value is -1.69. The zero-order valence-electron chi connectivity index (χ0n) is 7.88. The standard InChI is InChI=1S/C8H12N6/c1-2-6(10)14-8-7(12-13-14)5(9)3-4-11-8/h3-4,6H,2,10H2,1H3,(H2,9,11). The number of hydrogen-bond donors (Lipinski definition) is 2. The van der Waals surface area contributed by atoms with Crippen LogP contribution in [0.1, 0.15) is 19.5 Å². The maximum Gasteiger partial charge on any atom is 0.182 e. The molecule has 2 heterocycles. The number of nitrogens with two attached hydrogens (primary N) is 2. The van der Waals surface area contributed by atoms with Crippen LogP contribution in [-0.2, 0) is 0 Å². The first-order valence-corrected chi connectivity index (χ1v) is 4.45. The van der Waals surface area contributed by atoms with Gasteiger partial charge in [-0.15, -0.1) is 5.10 Å². The molecule has 2 aromatic rings. The molecule has 6 heteroatoms. The van der Waals surface area contributed by atoms with Crippen LogP contribution in [0.15, 0.2) is 12.3 Å². The molecule has 0 spiro atoms. The molecule has 0 saturated heterocycles. The summed E-state index contributed by atoms with van der Waals surface area (Å²) in [6.07, 6.45) is 2.20. The molecule has 74 valence electrons. The van der Waals surface area contributed by atoms with Gasteiger partial charge in [-0.3, -0.25) is 0 Å². The summed E-state index contributed by atoms with van der Waals surface area (Å²) in [5, 5.41) is 7.86. The Balaban J connectivity index is 2.63. The van der Waals surface area contributed by atoms with E-state index in [9.17, 15) is 0 Å². The van der Waals surface area contributed by atoms with E-state index in [1.165, 1.54) is 0 Å². The average Bonchev–Trinajstić information content (AvgIpc) is 2.62. The molecule has 1 atom stereocenters. The van der Waals surface area contributed by atoms with E-state index in [0.29, 0.717) is 16.9 Å². The molecule has 1 unspecified atom stereocenters. The van der Waals surface area contributed by atoms with Gasteiger partial charge in [0.25, 0.3) is 0 Å². The molecule has 0 bridgehead atoms. The monoisotopic (exact) mass is 192 g/mol. The van der Waals surface area contributed by atoms with Gasteiger partial charge in [0.2, 0.25) is 0 Å². The normalized spacial score (nSPS) is 13.3. The molecular weight excluding hydrogens is 180 g/mol. The van der Waals surface area contributed by atoms with Crippen LogP contribution >= 0.6 is 0 Å². The van der Waals surface area contributed by atoms with E-state index in [0.717, 1.165) is 6.42 Å². The fourth-order valence-corrected chi connectivity index (χ4v) is 1.26. The fourth-order valence-electron chi connectivity index (χ4n) is 1.26. The third-order valence-corrected chi connectivity index (χ3v) is 2.13. The summed E-state index contributed by atoms with van der Waals surface area (Å²) in [7, 11) is 0. The van der Waals surface area contributed by atoms with Gasteiger partial charge >= 0.3 is 0 Å². The van der Waals surface area contributed by atoms with E-state index in [2.05, 4.69) is 15.3 Å². The molecule has 0 radical (unpaired) electrons. The van der Waals surface area contributed by atoms with Crippen LogP contribution in [0, 0.1) is 0 Å². The molecule has 0 amide bonds. The second-order valence-corrected chi connectivity index (χ2v) is 3.08. The summed E-state index contributed by atoms with van der Waals surface area (Å²) < 4.78 is 1.59. The van der Waals surface area contributed by atoms with Crippen molar-refractivity contribution in [2.24, 2.45) is 5.73 Å². The van der Waals surface area contributed by atoms with Gasteiger partial charge in [-0.25, -0.2) is 9.67 Å². The van der Waals surface area contributed by atoms with E-state index in [-0.39, 0.29) is 6.17 Å². The number of fused-ring (bicyclic) bond motifs is 1. The smallest absolute Gasteiger partial charge is 0.182 e. The fraction of sp³-hybridized carbons (Fsp3) is 0.375. The predicted molar refractivity (Wildman–Crippen MR) is 53.3 cm³/mol. The van der Waals surface area contributed by atoms with Gasteiger partial charge in [0, 0.05) is 6.20 Å². The highest BCUT2D eigenvalue weighted by atomic mass is 15.5. The first-order valence-electron chi connectivity index (χ1n) is 4.45. The Morgan fingerprint density at radius 1 is 1.57 bits per heavy atom. The quantitative estimate of drug-likeness (QED) is 0.712. The number of anilines is 1. The third-order valence-electron chi connectivity index (χ3n) is 2.13. The molecule has 0 aliphatic carbocycles. The summed E-state index contributed by atoms with van der Waals surface area (Å²) in [6.45, 7) is 1.98. The summed E-state index contributed by atoms with van der Waals surface area (Å²) in [6, 6.07) is 1.69. The van der Waals surface area contributed by atoms with Crippen molar-refractivity contribution in [2.45, 2.75) is 19.5 Å². The van der Waals surface area contributed by atoms with E-state index >= 15 is 0 Å². The van der Waals surface area contributed by atoms with Gasteiger partial charge < -0.3 is 11.5 Å². The van der Waals surface area contributed by atoms with Gasteiger partial charge in [-0.05, 0) is 12.5 Å². The minimum absolute atomic E-state index is 0.200. The third kappa shape index (κ3) is 1.20. The Kier molecular flexibility index (Phi) is 2.05. The summed E-state index contributed by atoms with van der Waals surface area (Å²) >= 11 is 0. The number of rotatable bonds is 2. The van der Waals surface area contributed by atoms with Gasteiger partial charge in [0.1, 0.15) is 6.17 Å². The summed E-state index contributed by atoms with van der Waals surface area (Å²) in [5.74, 6) is 0. The Morgan fingerprint density at radius 2 is 2.36 bits per heavy atom. The van der Waals surface area contributed by atoms with Crippen molar-refractivity contribution in [3.8, 4) is 0 Å². The SMILES string of the molecule is CCC(N)n1nnc2c(N)ccnc21. The van der Waals surface area contributed by atoms with Gasteiger partial charge in [0.15, 0.2) is 11.2 Å². The highest BCUT2D eigenvalue weighted by Gasteiger charge is 2.12. The predicted octanol–water partition coefficient (Wildman–Crippen LogP) is 0.276. The van der Waals surface area contributed by atoms with Crippen LogP contribution in [0.5, 0.6) is 0 Å². The maximum atomic E-state index is 5.83. The van der Waals surface area contributed by atoms with Crippen molar-refractivity contribution in [3.05, 3.63) is 12.3 Å². The van der Waals surface area contributed by atoms with Gasteiger partial charge in [0.05, 0.1) is 5.69 Å². The zero-order chi connectivity index (χ0) is 10.1. The van der Waals surface area contributed by atoms with Crippen LogP contribution < -0.4 is 11.5 Å². The van der Waals surface area contributed by atoms with Crippen LogP contribution in [0.25, 0.3) is 11.2 Å². The molecule has 0 aliphatic rings. The van der Waals surface area contributed by atoms with Crippen LogP contribution in [0.3, 0.4) is 0 Å². The number of aromatic nitrogens is 4. The lowest BCUT2D eigenvalue weighted by Crippen LogP contribution is -2.19. The average molecular weight is 192 g/mol. The second kappa shape index (κ2) is 3.22. The lowest BCUT2D eigenvalue weighted by molar-refractivity contribution is 0.454. The van der Waals surface area contributed by atoms with Gasteiger partial charge in [-0.2, -0.15) is 0 Å². The number of pyridine rings is 1. The van der Waals surface area contributed by atoms with Crippen LogP contribution in [0.4, 0.5) is 5.69 Å². The number of hydrogen-bond acceptors (Lipinski definition) is 5. The van der Waals surface area contributed by atoms with Gasteiger partial charge in [-0.1, -0.05) is 12.1 Å². The molecule has 14 heavy (non-hydrogen) atoms. The van der Waals surface area contributed by atoms with Crippen LogP contribution in [-0.4, -0.2) is 20.0 Å². The molecule has 0 aliphatic heterocycles. The summed E-state index contributed by atoms with van der Waals surface area (Å²) in [4.78, 5) is 4.15. The van der Waals surface area contributed by atoms with E-state index in [1.807, 2.05) is 6.92 Å². The van der Waals surface area contributed by atoms with Crippen molar-refractivity contribution in [1.29, 1.82) is 0 Å². The second-order valence-electron chi connectivity index (χ2n) is 3.08. The van der Waals surface area contributed by atoms with E-state index in [4.69, 9.17) is 11.5 Å². The molecule has 0 saturated carbocycles. The molecule has 0 fully saturated rings. The molecule has 4 N–H and O–H groups in total. The van der Waals surface area contributed by atoms with Crippen molar-refractivity contribution >= 4 is 16.9 Å². The zero-order valence-corrected chi connectivity index (χ0v) is 7.88. The van der Waals surface area contributed by atoms with Crippen molar-refractivity contribution in [1.82, 2.24) is 20.0 Å². The van der Waals surface area contributed by atoms with E-state index < -0.39 is 0 Å². The molecule has 2 rings (SSSR count). The first kappa shape index (κ1) is 8.89. The lowest BCUT2D eigenvalue weighted by Gasteiger charge is -2.07. The van der Waals surface area contributed by atoms with Crippen LogP contribution in [0.2, 0.25) is 0 Å². The number of nitrogen functional groups attached to an aromatic ring is 1. The largest absolute Gasteiger partial charge is 0.397 e. The molecule has 0 aromatic carbocycles. The topological polar surface area (TPSA) is 95.6 Å². The Morgan fingerprint density at radius 3 is 3.07 bits per heavy atom. The Labute approximate surface area is 80.9 Å². The molecule has 2 aromatic heterocycles. The highest BCUT2D eigenvalue weighted by Crippen LogP contribution is 2.17. The van der Waals surface area contributed by atoms with Crippen molar-refractivity contribution in [2.75, 3.05) is 5.73 Å². The lowest BCUT2D eigenvalue weighted by atomic mass is 10.3. The molecular formula is C8H12N6. The molecule has 6 nitrogen and oxygen atoms in total. The first-order chi connectivity index (χ1) is 6.74. The maximum absolute atomic E-state index is 5.83. The Bertz CT molecular complexity index is 448. The minimum atomic E-state index is -0.200. The highest BCUT2D eigenvalue weighted by molar-refractivity contribution is 5.82. The summed E-state index contributed by atoms with van der Waals surface area (Å²) in [5.41, 5.74) is 13.4. The van der Waals surface area contributed by atoms with Crippen molar-refractivity contribution in [3.63, 3.8) is 0 Å². The van der Waals surface area contributed by atoms with Crippen molar-refractivity contribution < 1.29 is 0 Å². The van der Waals surface area contributed by atoms with E-state index in [1.54, 1.807) is 16.9 Å². The minimum Gasteiger partial charge on any atom is -0.397 e.